The van der Waals surface area contributed by atoms with Gasteiger partial charge in [0.15, 0.2) is 0 Å². The summed E-state index contributed by atoms with van der Waals surface area (Å²) in [6.07, 6.45) is 8.25. The van der Waals surface area contributed by atoms with Gasteiger partial charge in [-0.25, -0.2) is 0 Å². The lowest BCUT2D eigenvalue weighted by molar-refractivity contribution is 0.636. The highest BCUT2D eigenvalue weighted by Crippen LogP contribution is 2.40. The lowest BCUT2D eigenvalue weighted by atomic mass is 9.94. The number of hydrogen-bond donors (Lipinski definition) is 1. The summed E-state index contributed by atoms with van der Waals surface area (Å²) < 4.78 is 0. The summed E-state index contributed by atoms with van der Waals surface area (Å²) in [6.45, 7) is 6.44. The Morgan fingerprint density at radius 3 is 2.47 bits per heavy atom. The predicted octanol–water partition coefficient (Wildman–Crippen LogP) is 3.03. The quantitative estimate of drug-likeness (QED) is 0.702. The maximum atomic E-state index is 4.42. The molecule has 1 aliphatic heterocycles. The summed E-state index contributed by atoms with van der Waals surface area (Å²) in [6, 6.07) is 0.493. The summed E-state index contributed by atoms with van der Waals surface area (Å²) in [4.78, 5) is 0. The molecular formula is C13H20N2. The van der Waals surface area contributed by atoms with E-state index >= 15 is 0 Å². The van der Waals surface area contributed by atoms with E-state index in [1.54, 1.807) is 0 Å². The third kappa shape index (κ3) is 2.14. The molecule has 0 bridgehead atoms. The molecule has 0 radical (unpaired) electrons. The van der Waals surface area contributed by atoms with Gasteiger partial charge in [0, 0.05) is 12.5 Å². The second-order valence-electron chi connectivity index (χ2n) is 4.51. The van der Waals surface area contributed by atoms with Crippen LogP contribution in [-0.2, 0) is 0 Å². The van der Waals surface area contributed by atoms with Crippen LogP contribution in [0.3, 0.4) is 0 Å². The van der Waals surface area contributed by atoms with Gasteiger partial charge in [-0.1, -0.05) is 12.2 Å². The summed E-state index contributed by atoms with van der Waals surface area (Å²) >= 11 is 0. The van der Waals surface area contributed by atoms with E-state index in [9.17, 15) is 0 Å². The molecule has 2 nitrogen and oxygen atoms in total. The molecular weight excluding hydrogens is 184 g/mol. The number of hydrogen-bond acceptors (Lipinski definition) is 2. The monoisotopic (exact) mass is 204 g/mol. The number of allylic oxidation sites excluding steroid dienone is 4. The topological polar surface area (TPSA) is 24.4 Å². The zero-order valence-electron chi connectivity index (χ0n) is 9.88. The standard InChI is InChI=1S/C13H20N2/c1-4-11(10-6-7-10)12(5-2)13-8-9(3)14-15-13/h4-5,9-10,14H,6-8H2,1-3H3/b11-4-,12-5+. The van der Waals surface area contributed by atoms with E-state index in [4.69, 9.17) is 0 Å². The SMILES string of the molecule is C/C=C(\C(=C/C)C1=NNC(C)C1)C1CC1. The molecule has 0 aromatic rings. The zero-order valence-corrected chi connectivity index (χ0v) is 9.88. The van der Waals surface area contributed by atoms with Crippen LogP contribution in [0.5, 0.6) is 0 Å². The number of hydrazone groups is 1. The molecule has 2 rings (SSSR count). The van der Waals surface area contributed by atoms with Crippen molar-refractivity contribution in [1.82, 2.24) is 5.43 Å². The molecule has 0 saturated heterocycles. The van der Waals surface area contributed by atoms with E-state index < -0.39 is 0 Å². The molecule has 0 amide bonds. The Bertz CT molecular complexity index is 332. The van der Waals surface area contributed by atoms with Crippen molar-refractivity contribution in [2.24, 2.45) is 11.0 Å². The first-order valence-electron chi connectivity index (χ1n) is 5.91. The molecule has 0 aromatic heterocycles. The zero-order chi connectivity index (χ0) is 10.8. The minimum Gasteiger partial charge on any atom is -0.307 e. The molecule has 2 heteroatoms. The lowest BCUT2D eigenvalue weighted by Gasteiger charge is -2.10. The number of rotatable bonds is 3. The van der Waals surface area contributed by atoms with Gasteiger partial charge >= 0.3 is 0 Å². The fourth-order valence-corrected chi connectivity index (χ4v) is 2.24. The molecule has 2 aliphatic rings. The first kappa shape index (κ1) is 10.5. The predicted molar refractivity (Wildman–Crippen MR) is 64.9 cm³/mol. The summed E-state index contributed by atoms with van der Waals surface area (Å²) in [5, 5.41) is 4.42. The van der Waals surface area contributed by atoms with Crippen molar-refractivity contribution in [2.45, 2.75) is 46.1 Å². The first-order chi connectivity index (χ1) is 7.26. The van der Waals surface area contributed by atoms with Crippen molar-refractivity contribution in [3.63, 3.8) is 0 Å². The smallest absolute Gasteiger partial charge is 0.0695 e. The van der Waals surface area contributed by atoms with Gasteiger partial charge < -0.3 is 5.43 Å². The van der Waals surface area contributed by atoms with Gasteiger partial charge in [0.05, 0.1) is 5.71 Å². The van der Waals surface area contributed by atoms with Gasteiger partial charge in [-0.2, -0.15) is 5.10 Å². The van der Waals surface area contributed by atoms with Gasteiger partial charge in [0.2, 0.25) is 0 Å². The number of nitrogens with one attached hydrogen (secondary N) is 1. The maximum Gasteiger partial charge on any atom is 0.0695 e. The minimum atomic E-state index is 0.493. The van der Waals surface area contributed by atoms with Crippen molar-refractivity contribution >= 4 is 5.71 Å². The molecule has 15 heavy (non-hydrogen) atoms. The van der Waals surface area contributed by atoms with Crippen molar-refractivity contribution in [3.05, 3.63) is 23.3 Å². The molecule has 1 aliphatic carbocycles. The van der Waals surface area contributed by atoms with E-state index in [1.807, 2.05) is 0 Å². The van der Waals surface area contributed by atoms with Crippen molar-refractivity contribution in [3.8, 4) is 0 Å². The van der Waals surface area contributed by atoms with Gasteiger partial charge in [-0.05, 0) is 50.7 Å². The Hall–Kier alpha value is -1.05. The first-order valence-corrected chi connectivity index (χ1v) is 5.91. The van der Waals surface area contributed by atoms with Crippen LogP contribution in [0.4, 0.5) is 0 Å². The molecule has 1 fully saturated rings. The summed E-state index contributed by atoms with van der Waals surface area (Å²) in [5.41, 5.74) is 7.26. The lowest BCUT2D eigenvalue weighted by Crippen LogP contribution is -2.14. The highest BCUT2D eigenvalue weighted by molar-refractivity contribution is 6.05. The van der Waals surface area contributed by atoms with Gasteiger partial charge in [0.25, 0.3) is 0 Å². The third-order valence-corrected chi connectivity index (χ3v) is 3.16. The van der Waals surface area contributed by atoms with Crippen LogP contribution >= 0.6 is 0 Å². The maximum absolute atomic E-state index is 4.42. The molecule has 1 unspecified atom stereocenters. The van der Waals surface area contributed by atoms with Crippen molar-refractivity contribution in [1.29, 1.82) is 0 Å². The molecule has 0 aromatic carbocycles. The fourth-order valence-electron chi connectivity index (χ4n) is 2.24. The van der Waals surface area contributed by atoms with E-state index in [0.29, 0.717) is 6.04 Å². The Morgan fingerprint density at radius 1 is 1.33 bits per heavy atom. The van der Waals surface area contributed by atoms with Crippen molar-refractivity contribution < 1.29 is 0 Å². The molecule has 0 spiro atoms. The van der Waals surface area contributed by atoms with Crippen LogP contribution < -0.4 is 5.43 Å². The Labute approximate surface area is 92.1 Å². The Morgan fingerprint density at radius 2 is 2.07 bits per heavy atom. The van der Waals surface area contributed by atoms with Crippen LogP contribution in [0.2, 0.25) is 0 Å². The van der Waals surface area contributed by atoms with Crippen molar-refractivity contribution in [2.75, 3.05) is 0 Å². The van der Waals surface area contributed by atoms with E-state index in [1.165, 1.54) is 29.7 Å². The van der Waals surface area contributed by atoms with E-state index in [-0.39, 0.29) is 0 Å². The average Bonchev–Trinajstić information content (AvgIpc) is 2.98. The second-order valence-corrected chi connectivity index (χ2v) is 4.51. The summed E-state index contributed by atoms with van der Waals surface area (Å²) in [5.74, 6) is 0.805. The van der Waals surface area contributed by atoms with E-state index in [0.717, 1.165) is 12.3 Å². The van der Waals surface area contributed by atoms with Gasteiger partial charge in [-0.15, -0.1) is 0 Å². The Kier molecular flexibility index (Phi) is 2.94. The Balaban J connectivity index is 2.17. The van der Waals surface area contributed by atoms with Crippen LogP contribution in [0.15, 0.2) is 28.4 Å². The second kappa shape index (κ2) is 4.21. The van der Waals surface area contributed by atoms with Gasteiger partial charge in [0.1, 0.15) is 0 Å². The normalized spacial score (nSPS) is 27.7. The summed E-state index contributed by atoms with van der Waals surface area (Å²) in [7, 11) is 0. The van der Waals surface area contributed by atoms with E-state index in [2.05, 4.69) is 43.5 Å². The molecule has 82 valence electrons. The molecule has 1 heterocycles. The fraction of sp³-hybridized carbons (Fsp3) is 0.615. The number of nitrogens with zero attached hydrogens (tertiary/aromatic N) is 1. The third-order valence-electron chi connectivity index (χ3n) is 3.16. The molecule has 1 saturated carbocycles. The molecule has 1 atom stereocenters. The van der Waals surface area contributed by atoms with Crippen LogP contribution in [0.1, 0.15) is 40.0 Å². The minimum absolute atomic E-state index is 0.493. The average molecular weight is 204 g/mol. The van der Waals surface area contributed by atoms with Crippen LogP contribution in [0.25, 0.3) is 0 Å². The van der Waals surface area contributed by atoms with Gasteiger partial charge in [-0.3, -0.25) is 0 Å². The highest BCUT2D eigenvalue weighted by Gasteiger charge is 2.30. The highest BCUT2D eigenvalue weighted by atomic mass is 15.3. The van der Waals surface area contributed by atoms with Crippen LogP contribution in [0, 0.1) is 5.92 Å². The molecule has 1 N–H and O–H groups in total. The largest absolute Gasteiger partial charge is 0.307 e. The van der Waals surface area contributed by atoms with Crippen LogP contribution in [-0.4, -0.2) is 11.8 Å².